The van der Waals surface area contributed by atoms with Crippen molar-refractivity contribution in [2.75, 3.05) is 0 Å². The molecule has 0 saturated heterocycles. The molecule has 3 aromatic rings. The van der Waals surface area contributed by atoms with Crippen LogP contribution in [0.2, 0.25) is 0 Å². The number of benzene rings is 2. The van der Waals surface area contributed by atoms with Gasteiger partial charge in [-0.1, -0.05) is 30.3 Å². The zero-order chi connectivity index (χ0) is 14.8. The molecule has 0 aliphatic carbocycles. The number of fused-ring (bicyclic) bond motifs is 1. The number of carboxylic acid groups (broad SMARTS) is 1. The molecule has 21 heavy (non-hydrogen) atoms. The molecule has 1 N–H and O–H groups in total. The summed E-state index contributed by atoms with van der Waals surface area (Å²) in [5.41, 5.74) is 0.103. The van der Waals surface area contributed by atoms with Gasteiger partial charge in [-0.05, 0) is 39.5 Å². The van der Waals surface area contributed by atoms with Crippen LogP contribution in [0.1, 0.15) is 10.4 Å². The third-order valence-electron chi connectivity index (χ3n) is 3.03. The number of rotatable bonds is 3. The van der Waals surface area contributed by atoms with Crippen LogP contribution in [0.4, 0.5) is 0 Å². The van der Waals surface area contributed by atoms with Crippen molar-refractivity contribution in [2.45, 2.75) is 0 Å². The SMILES string of the molecule is O=C(O)c1ccc2ccccc2c1Oc1ncccc1Br. The summed E-state index contributed by atoms with van der Waals surface area (Å²) in [7, 11) is 0. The average Bonchev–Trinajstić information content (AvgIpc) is 2.49. The molecular weight excluding hydrogens is 334 g/mol. The van der Waals surface area contributed by atoms with Crippen LogP contribution in [0.3, 0.4) is 0 Å². The van der Waals surface area contributed by atoms with E-state index in [4.69, 9.17) is 4.74 Å². The monoisotopic (exact) mass is 343 g/mol. The number of carbonyl (C=O) groups is 1. The number of aromatic carboxylic acids is 1. The Balaban J connectivity index is 2.21. The molecule has 4 nitrogen and oxygen atoms in total. The van der Waals surface area contributed by atoms with Gasteiger partial charge < -0.3 is 9.84 Å². The molecule has 5 heteroatoms. The summed E-state index contributed by atoms with van der Waals surface area (Å²) >= 11 is 3.34. The van der Waals surface area contributed by atoms with E-state index in [1.807, 2.05) is 24.3 Å². The summed E-state index contributed by atoms with van der Waals surface area (Å²) in [4.78, 5) is 15.5. The Morgan fingerprint density at radius 1 is 1.10 bits per heavy atom. The van der Waals surface area contributed by atoms with Crippen molar-refractivity contribution >= 4 is 32.7 Å². The number of pyridine rings is 1. The van der Waals surface area contributed by atoms with Crippen molar-refractivity contribution in [3.05, 3.63) is 64.8 Å². The van der Waals surface area contributed by atoms with Crippen LogP contribution in [-0.4, -0.2) is 16.1 Å². The summed E-state index contributed by atoms with van der Waals surface area (Å²) in [6.45, 7) is 0. The molecule has 0 fully saturated rings. The van der Waals surface area contributed by atoms with E-state index in [1.54, 1.807) is 24.4 Å². The number of nitrogens with zero attached hydrogens (tertiary/aromatic N) is 1. The predicted molar refractivity (Wildman–Crippen MR) is 82.9 cm³/mol. The van der Waals surface area contributed by atoms with Crippen LogP contribution in [0.5, 0.6) is 11.6 Å². The van der Waals surface area contributed by atoms with Crippen molar-refractivity contribution in [1.82, 2.24) is 4.98 Å². The van der Waals surface area contributed by atoms with Gasteiger partial charge in [0.15, 0.2) is 5.75 Å². The number of hydrogen-bond donors (Lipinski definition) is 1. The highest BCUT2D eigenvalue weighted by atomic mass is 79.9. The minimum atomic E-state index is -1.04. The van der Waals surface area contributed by atoms with Gasteiger partial charge in [0.1, 0.15) is 5.56 Å². The molecule has 0 saturated carbocycles. The Morgan fingerprint density at radius 3 is 2.67 bits per heavy atom. The van der Waals surface area contributed by atoms with Crippen molar-refractivity contribution in [3.8, 4) is 11.6 Å². The first-order chi connectivity index (χ1) is 10.2. The molecule has 0 unspecified atom stereocenters. The van der Waals surface area contributed by atoms with Crippen LogP contribution >= 0.6 is 15.9 Å². The first-order valence-electron chi connectivity index (χ1n) is 6.20. The second kappa shape index (κ2) is 5.54. The molecule has 0 spiro atoms. The maximum absolute atomic E-state index is 11.4. The minimum absolute atomic E-state index is 0.103. The van der Waals surface area contributed by atoms with Gasteiger partial charge in [0.05, 0.1) is 4.47 Å². The number of ether oxygens (including phenoxy) is 1. The number of hydrogen-bond acceptors (Lipinski definition) is 3. The van der Waals surface area contributed by atoms with E-state index in [0.29, 0.717) is 16.1 Å². The van der Waals surface area contributed by atoms with Crippen molar-refractivity contribution in [1.29, 1.82) is 0 Å². The van der Waals surface area contributed by atoms with E-state index in [-0.39, 0.29) is 5.56 Å². The first-order valence-corrected chi connectivity index (χ1v) is 6.99. The molecule has 2 aromatic carbocycles. The van der Waals surface area contributed by atoms with Crippen molar-refractivity contribution in [3.63, 3.8) is 0 Å². The zero-order valence-corrected chi connectivity index (χ0v) is 12.4. The quantitative estimate of drug-likeness (QED) is 0.761. The predicted octanol–water partition coefficient (Wildman–Crippen LogP) is 4.49. The molecule has 0 aliphatic heterocycles. The molecule has 0 aliphatic rings. The molecule has 0 bridgehead atoms. The molecule has 0 atom stereocenters. The van der Waals surface area contributed by atoms with Crippen LogP contribution in [0.15, 0.2) is 59.2 Å². The summed E-state index contributed by atoms with van der Waals surface area (Å²) in [6.07, 6.45) is 1.59. The largest absolute Gasteiger partial charge is 0.478 e. The standard InChI is InChI=1S/C16H10BrNO3/c17-13-6-3-9-18-15(13)21-14-11-5-2-1-4-10(11)7-8-12(14)16(19)20/h1-9H,(H,19,20). The van der Waals surface area contributed by atoms with Crippen LogP contribution in [0.25, 0.3) is 10.8 Å². The Morgan fingerprint density at radius 2 is 1.90 bits per heavy atom. The molecule has 0 radical (unpaired) electrons. The van der Waals surface area contributed by atoms with E-state index < -0.39 is 5.97 Å². The Kier molecular flexibility index (Phi) is 3.58. The molecular formula is C16H10BrNO3. The van der Waals surface area contributed by atoms with Gasteiger partial charge >= 0.3 is 5.97 Å². The number of carboxylic acids is 1. The molecule has 1 heterocycles. The zero-order valence-electron chi connectivity index (χ0n) is 10.8. The van der Waals surface area contributed by atoms with E-state index in [9.17, 15) is 9.90 Å². The molecule has 104 valence electrons. The highest BCUT2D eigenvalue weighted by molar-refractivity contribution is 9.10. The third-order valence-corrected chi connectivity index (χ3v) is 3.64. The second-order valence-corrected chi connectivity index (χ2v) is 5.22. The Labute approximate surface area is 129 Å². The van der Waals surface area contributed by atoms with E-state index in [1.165, 1.54) is 6.07 Å². The fraction of sp³-hybridized carbons (Fsp3) is 0. The van der Waals surface area contributed by atoms with Gasteiger partial charge in [0.2, 0.25) is 5.88 Å². The summed E-state index contributed by atoms with van der Waals surface area (Å²) in [5.74, 6) is -0.417. The molecule has 1 aromatic heterocycles. The third kappa shape index (κ3) is 2.60. The lowest BCUT2D eigenvalue weighted by Crippen LogP contribution is -2.01. The molecule has 3 rings (SSSR count). The van der Waals surface area contributed by atoms with Crippen molar-refractivity contribution < 1.29 is 14.6 Å². The smallest absolute Gasteiger partial charge is 0.339 e. The topological polar surface area (TPSA) is 59.4 Å². The number of halogens is 1. The van der Waals surface area contributed by atoms with Gasteiger partial charge in [-0.3, -0.25) is 0 Å². The van der Waals surface area contributed by atoms with Gasteiger partial charge in [-0.2, -0.15) is 0 Å². The summed E-state index contributed by atoms with van der Waals surface area (Å²) in [6, 6.07) is 14.3. The second-order valence-electron chi connectivity index (χ2n) is 4.36. The minimum Gasteiger partial charge on any atom is -0.478 e. The van der Waals surface area contributed by atoms with Gasteiger partial charge in [0, 0.05) is 11.6 Å². The van der Waals surface area contributed by atoms with E-state index >= 15 is 0 Å². The lowest BCUT2D eigenvalue weighted by Gasteiger charge is -2.12. The average molecular weight is 344 g/mol. The first kappa shape index (κ1) is 13.6. The van der Waals surface area contributed by atoms with Crippen LogP contribution in [0, 0.1) is 0 Å². The lowest BCUT2D eigenvalue weighted by molar-refractivity contribution is 0.0694. The van der Waals surface area contributed by atoms with Gasteiger partial charge in [-0.25, -0.2) is 9.78 Å². The number of aromatic nitrogens is 1. The highest BCUT2D eigenvalue weighted by Crippen LogP contribution is 2.35. The maximum atomic E-state index is 11.4. The van der Waals surface area contributed by atoms with Crippen LogP contribution < -0.4 is 4.74 Å². The fourth-order valence-corrected chi connectivity index (χ4v) is 2.40. The summed E-state index contributed by atoms with van der Waals surface area (Å²) in [5, 5.41) is 11.0. The van der Waals surface area contributed by atoms with Crippen LogP contribution in [-0.2, 0) is 0 Å². The van der Waals surface area contributed by atoms with E-state index in [2.05, 4.69) is 20.9 Å². The highest BCUT2D eigenvalue weighted by Gasteiger charge is 2.17. The van der Waals surface area contributed by atoms with Crippen molar-refractivity contribution in [2.24, 2.45) is 0 Å². The van der Waals surface area contributed by atoms with E-state index in [0.717, 1.165) is 10.8 Å². The normalized spacial score (nSPS) is 10.5. The lowest BCUT2D eigenvalue weighted by atomic mass is 10.1. The van der Waals surface area contributed by atoms with Gasteiger partial charge in [0.25, 0.3) is 0 Å². The summed E-state index contributed by atoms with van der Waals surface area (Å²) < 4.78 is 6.44. The van der Waals surface area contributed by atoms with Gasteiger partial charge in [-0.15, -0.1) is 0 Å². The molecule has 0 amide bonds. The Hall–Kier alpha value is -2.40. The maximum Gasteiger partial charge on any atom is 0.339 e. The fourth-order valence-electron chi connectivity index (χ4n) is 2.06. The Bertz CT molecular complexity index is 833.